The molecule has 0 radical (unpaired) electrons. The first-order chi connectivity index (χ1) is 5.22. The lowest BCUT2D eigenvalue weighted by Gasteiger charge is -2.05. The van der Waals surface area contributed by atoms with Crippen LogP contribution in [0, 0.1) is 0 Å². The fourth-order valence-corrected chi connectivity index (χ4v) is 0.882. The molecule has 0 aromatic heterocycles. The van der Waals surface area contributed by atoms with Crippen molar-refractivity contribution in [1.29, 1.82) is 0 Å². The fraction of sp³-hybridized carbons (Fsp3) is 0.200. The summed E-state index contributed by atoms with van der Waals surface area (Å²) < 4.78 is 12.7. The number of rotatable bonds is 2. The summed E-state index contributed by atoms with van der Waals surface area (Å²) in [7, 11) is 0. The van der Waals surface area contributed by atoms with Crippen LogP contribution in [0.2, 0.25) is 0 Å². The molecule has 0 N–H and O–H groups in total. The van der Waals surface area contributed by atoms with Crippen molar-refractivity contribution in [2.45, 2.75) is 13.1 Å². The van der Waals surface area contributed by atoms with Crippen LogP contribution in [-0.2, 0) is 0 Å². The Morgan fingerprint density at radius 3 is 2.36 bits per heavy atom. The van der Waals surface area contributed by atoms with Crippen LogP contribution in [-0.4, -0.2) is 6.17 Å². The molecule has 0 bridgehead atoms. The maximum atomic E-state index is 12.7. The van der Waals surface area contributed by atoms with Crippen LogP contribution in [0.1, 0.15) is 12.5 Å². The number of hydrogen-bond donors (Lipinski definition) is 0. The van der Waals surface area contributed by atoms with E-state index in [4.69, 9.17) is 0 Å². The van der Waals surface area contributed by atoms with Gasteiger partial charge in [0.05, 0.1) is 0 Å². The smallest absolute Gasteiger partial charge is 0.122 e. The zero-order valence-electron chi connectivity index (χ0n) is 6.55. The van der Waals surface area contributed by atoms with Gasteiger partial charge >= 0.3 is 0 Å². The van der Waals surface area contributed by atoms with Gasteiger partial charge in [0.25, 0.3) is 0 Å². The molecule has 1 heteroatoms. The minimum atomic E-state index is -0.961. The summed E-state index contributed by atoms with van der Waals surface area (Å²) in [5.74, 6) is 0. The van der Waals surface area contributed by atoms with E-state index < -0.39 is 6.17 Å². The lowest BCUT2D eigenvalue weighted by atomic mass is 10.0. The second kappa shape index (κ2) is 3.33. The SMILES string of the molecule is C=C(c1ccccc1)C(C)F. The number of hydrogen-bond acceptors (Lipinski definition) is 0. The van der Waals surface area contributed by atoms with Crippen LogP contribution in [0.3, 0.4) is 0 Å². The second-order valence-electron chi connectivity index (χ2n) is 2.51. The van der Waals surface area contributed by atoms with E-state index in [-0.39, 0.29) is 0 Å². The predicted molar refractivity (Wildman–Crippen MR) is 46.0 cm³/mol. The van der Waals surface area contributed by atoms with Gasteiger partial charge < -0.3 is 0 Å². The molecule has 1 unspecified atom stereocenters. The van der Waals surface area contributed by atoms with Gasteiger partial charge in [-0.15, -0.1) is 0 Å². The molecule has 0 saturated heterocycles. The van der Waals surface area contributed by atoms with Gasteiger partial charge in [-0.25, -0.2) is 4.39 Å². The lowest BCUT2D eigenvalue weighted by molar-refractivity contribution is 0.443. The van der Waals surface area contributed by atoms with E-state index in [2.05, 4.69) is 6.58 Å². The average Bonchev–Trinajstić information content (AvgIpc) is 2.05. The fourth-order valence-electron chi connectivity index (χ4n) is 0.882. The van der Waals surface area contributed by atoms with Crippen molar-refractivity contribution in [3.8, 4) is 0 Å². The van der Waals surface area contributed by atoms with E-state index >= 15 is 0 Å². The van der Waals surface area contributed by atoms with Gasteiger partial charge in [-0.1, -0.05) is 36.9 Å². The Morgan fingerprint density at radius 2 is 1.91 bits per heavy atom. The van der Waals surface area contributed by atoms with Gasteiger partial charge in [0.15, 0.2) is 0 Å². The van der Waals surface area contributed by atoms with E-state index in [1.165, 1.54) is 6.92 Å². The molecular weight excluding hydrogens is 139 g/mol. The zero-order valence-corrected chi connectivity index (χ0v) is 6.55. The van der Waals surface area contributed by atoms with Crippen LogP contribution >= 0.6 is 0 Å². The maximum absolute atomic E-state index is 12.7. The van der Waals surface area contributed by atoms with E-state index in [0.717, 1.165) is 5.56 Å². The Balaban J connectivity index is 2.86. The van der Waals surface area contributed by atoms with Crippen molar-refractivity contribution in [3.63, 3.8) is 0 Å². The normalized spacial score (nSPS) is 12.5. The number of alkyl halides is 1. The zero-order chi connectivity index (χ0) is 8.27. The van der Waals surface area contributed by atoms with Gasteiger partial charge in [0, 0.05) is 0 Å². The van der Waals surface area contributed by atoms with E-state index in [9.17, 15) is 4.39 Å². The third kappa shape index (κ3) is 1.90. The molecule has 0 amide bonds. The third-order valence-electron chi connectivity index (χ3n) is 1.62. The van der Waals surface area contributed by atoms with Crippen molar-refractivity contribution in [1.82, 2.24) is 0 Å². The van der Waals surface area contributed by atoms with Crippen LogP contribution in [0.4, 0.5) is 4.39 Å². The highest BCUT2D eigenvalue weighted by Crippen LogP contribution is 2.17. The van der Waals surface area contributed by atoms with Gasteiger partial charge in [-0.3, -0.25) is 0 Å². The van der Waals surface area contributed by atoms with E-state index in [1.54, 1.807) is 0 Å². The molecule has 58 valence electrons. The summed E-state index contributed by atoms with van der Waals surface area (Å²) in [5.41, 5.74) is 1.42. The van der Waals surface area contributed by atoms with Crippen LogP contribution in [0.25, 0.3) is 5.57 Å². The molecule has 0 saturated carbocycles. The van der Waals surface area contributed by atoms with Gasteiger partial charge in [-0.05, 0) is 18.1 Å². The number of benzene rings is 1. The quantitative estimate of drug-likeness (QED) is 0.607. The summed E-state index contributed by atoms with van der Waals surface area (Å²) >= 11 is 0. The Hall–Kier alpha value is -1.11. The predicted octanol–water partition coefficient (Wildman–Crippen LogP) is 3.06. The molecule has 1 rings (SSSR count). The van der Waals surface area contributed by atoms with Gasteiger partial charge in [-0.2, -0.15) is 0 Å². The van der Waals surface area contributed by atoms with Crippen molar-refractivity contribution < 1.29 is 4.39 Å². The molecule has 0 heterocycles. The first-order valence-corrected chi connectivity index (χ1v) is 3.60. The Morgan fingerprint density at radius 1 is 1.36 bits per heavy atom. The molecule has 1 atom stereocenters. The van der Waals surface area contributed by atoms with Crippen molar-refractivity contribution in [3.05, 3.63) is 42.5 Å². The Kier molecular flexibility index (Phi) is 2.42. The highest BCUT2D eigenvalue weighted by atomic mass is 19.1. The van der Waals surface area contributed by atoms with Crippen molar-refractivity contribution >= 4 is 5.57 Å². The Labute approximate surface area is 66.4 Å². The third-order valence-corrected chi connectivity index (χ3v) is 1.62. The van der Waals surface area contributed by atoms with Crippen LogP contribution in [0.5, 0.6) is 0 Å². The minimum absolute atomic E-state index is 0.547. The number of allylic oxidation sites excluding steroid dienone is 1. The first kappa shape index (κ1) is 7.99. The standard InChI is InChI=1S/C10H11F/c1-8(9(2)11)10-6-4-3-5-7-10/h3-7,9H,1H2,2H3. The summed E-state index contributed by atoms with van der Waals surface area (Å²) in [5, 5.41) is 0. The van der Waals surface area contributed by atoms with E-state index in [0.29, 0.717) is 5.57 Å². The number of halogens is 1. The molecule has 0 aliphatic heterocycles. The molecular formula is C10H11F. The monoisotopic (exact) mass is 150 g/mol. The lowest BCUT2D eigenvalue weighted by Crippen LogP contribution is -1.95. The average molecular weight is 150 g/mol. The summed E-state index contributed by atoms with van der Waals surface area (Å²) in [6.07, 6.45) is -0.961. The highest BCUT2D eigenvalue weighted by molar-refractivity contribution is 5.65. The first-order valence-electron chi connectivity index (χ1n) is 3.60. The molecule has 0 nitrogen and oxygen atoms in total. The van der Waals surface area contributed by atoms with E-state index in [1.807, 2.05) is 30.3 Å². The molecule has 11 heavy (non-hydrogen) atoms. The summed E-state index contributed by atoms with van der Waals surface area (Å²) in [6, 6.07) is 9.38. The maximum Gasteiger partial charge on any atom is 0.122 e. The van der Waals surface area contributed by atoms with Crippen LogP contribution in [0.15, 0.2) is 36.9 Å². The molecule has 0 fully saturated rings. The highest BCUT2D eigenvalue weighted by Gasteiger charge is 2.04. The van der Waals surface area contributed by atoms with Crippen molar-refractivity contribution in [2.75, 3.05) is 0 Å². The van der Waals surface area contributed by atoms with Gasteiger partial charge in [0.2, 0.25) is 0 Å². The Bertz CT molecular complexity index is 236. The minimum Gasteiger partial charge on any atom is -0.243 e. The van der Waals surface area contributed by atoms with Gasteiger partial charge in [0.1, 0.15) is 6.17 Å². The second-order valence-corrected chi connectivity index (χ2v) is 2.51. The largest absolute Gasteiger partial charge is 0.243 e. The molecule has 0 spiro atoms. The molecule has 1 aromatic carbocycles. The summed E-state index contributed by atoms with van der Waals surface area (Å²) in [6.45, 7) is 5.14. The topological polar surface area (TPSA) is 0 Å². The summed E-state index contributed by atoms with van der Waals surface area (Å²) in [4.78, 5) is 0. The molecule has 0 aliphatic carbocycles. The van der Waals surface area contributed by atoms with Crippen LogP contribution < -0.4 is 0 Å². The van der Waals surface area contributed by atoms with Crippen molar-refractivity contribution in [2.24, 2.45) is 0 Å². The molecule has 1 aromatic rings. The molecule has 0 aliphatic rings.